The summed E-state index contributed by atoms with van der Waals surface area (Å²) in [7, 11) is 0. The summed E-state index contributed by atoms with van der Waals surface area (Å²) in [6.45, 7) is 2.87. The van der Waals surface area contributed by atoms with Crippen molar-refractivity contribution >= 4 is 17.8 Å². The first-order valence-corrected chi connectivity index (χ1v) is 7.79. The summed E-state index contributed by atoms with van der Waals surface area (Å²) < 4.78 is 5.46. The summed E-state index contributed by atoms with van der Waals surface area (Å²) in [5, 5.41) is 2.38. The molecule has 3 fully saturated rings. The Morgan fingerprint density at radius 1 is 1.19 bits per heavy atom. The number of nitrogens with one attached hydrogen (secondary N) is 1. The van der Waals surface area contributed by atoms with Gasteiger partial charge in [0.2, 0.25) is 11.8 Å². The molecule has 0 aromatic heterocycles. The highest BCUT2D eigenvalue weighted by Gasteiger charge is 2.51. The number of barbiturate groups is 1. The molecule has 0 aromatic carbocycles. The highest BCUT2D eigenvalue weighted by molar-refractivity contribution is 6.16. The minimum absolute atomic E-state index is 0.0706. The van der Waals surface area contributed by atoms with Crippen molar-refractivity contribution < 1.29 is 19.1 Å². The van der Waals surface area contributed by atoms with Gasteiger partial charge in [0.25, 0.3) is 0 Å². The molecule has 6 nitrogen and oxygen atoms in total. The number of urea groups is 1. The number of ether oxygens (including phenoxy) is 1. The van der Waals surface area contributed by atoms with E-state index in [-0.39, 0.29) is 11.8 Å². The van der Waals surface area contributed by atoms with Gasteiger partial charge in [-0.2, -0.15) is 0 Å². The molecule has 3 rings (SSSR count). The molecule has 2 saturated heterocycles. The van der Waals surface area contributed by atoms with Gasteiger partial charge in [0.15, 0.2) is 0 Å². The Hall–Kier alpha value is -1.43. The van der Waals surface area contributed by atoms with Crippen LogP contribution in [0.4, 0.5) is 4.79 Å². The number of carbonyl (C=O) groups excluding carboxylic acids is 3. The van der Waals surface area contributed by atoms with Crippen molar-refractivity contribution in [1.29, 1.82) is 0 Å². The van der Waals surface area contributed by atoms with Crippen molar-refractivity contribution in [1.82, 2.24) is 10.2 Å². The van der Waals surface area contributed by atoms with Crippen molar-refractivity contribution in [2.24, 2.45) is 11.8 Å². The molecular weight excluding hydrogens is 272 g/mol. The Labute approximate surface area is 124 Å². The first-order valence-electron chi connectivity index (χ1n) is 7.79. The van der Waals surface area contributed by atoms with Gasteiger partial charge in [-0.1, -0.05) is 12.8 Å². The van der Waals surface area contributed by atoms with Gasteiger partial charge in [-0.15, -0.1) is 0 Å². The van der Waals surface area contributed by atoms with Crippen LogP contribution in [0.3, 0.4) is 0 Å². The van der Waals surface area contributed by atoms with Gasteiger partial charge >= 0.3 is 6.03 Å². The van der Waals surface area contributed by atoms with E-state index in [0.29, 0.717) is 13.2 Å². The van der Waals surface area contributed by atoms with Crippen LogP contribution in [0.5, 0.6) is 0 Å². The van der Waals surface area contributed by atoms with Gasteiger partial charge in [0, 0.05) is 6.61 Å². The van der Waals surface area contributed by atoms with Crippen LogP contribution in [-0.2, 0) is 14.3 Å². The minimum Gasteiger partial charge on any atom is -0.379 e. The van der Waals surface area contributed by atoms with Crippen LogP contribution < -0.4 is 5.32 Å². The first kappa shape index (κ1) is 14.5. The molecule has 1 N–H and O–H groups in total. The van der Waals surface area contributed by atoms with Crippen molar-refractivity contribution in [3.8, 4) is 0 Å². The van der Waals surface area contributed by atoms with Gasteiger partial charge in [0.1, 0.15) is 5.92 Å². The topological polar surface area (TPSA) is 75.7 Å². The van der Waals surface area contributed by atoms with E-state index in [1.165, 1.54) is 4.90 Å². The molecule has 2 unspecified atom stereocenters. The van der Waals surface area contributed by atoms with Crippen LogP contribution in [0, 0.1) is 11.8 Å². The van der Waals surface area contributed by atoms with E-state index < -0.39 is 23.4 Å². The molecule has 21 heavy (non-hydrogen) atoms. The molecule has 2 heterocycles. The number of hydrogen-bond acceptors (Lipinski definition) is 4. The Balaban J connectivity index is 1.87. The van der Waals surface area contributed by atoms with E-state index in [4.69, 9.17) is 4.74 Å². The predicted octanol–water partition coefficient (Wildman–Crippen LogP) is 1.44. The maximum Gasteiger partial charge on any atom is 0.331 e. The fraction of sp³-hybridized carbons (Fsp3) is 0.800. The Morgan fingerprint density at radius 2 is 1.90 bits per heavy atom. The lowest BCUT2D eigenvalue weighted by Gasteiger charge is -2.45. The van der Waals surface area contributed by atoms with E-state index >= 15 is 0 Å². The second-order valence-corrected chi connectivity index (χ2v) is 6.64. The Morgan fingerprint density at radius 3 is 2.52 bits per heavy atom. The lowest BCUT2D eigenvalue weighted by Crippen LogP contribution is -2.67. The maximum absolute atomic E-state index is 12.8. The normalized spacial score (nSPS) is 35.2. The number of amides is 4. The van der Waals surface area contributed by atoms with Crippen molar-refractivity contribution in [2.45, 2.75) is 51.0 Å². The van der Waals surface area contributed by atoms with Gasteiger partial charge in [-0.05, 0) is 38.5 Å². The monoisotopic (exact) mass is 294 g/mol. The summed E-state index contributed by atoms with van der Waals surface area (Å²) in [5.74, 6) is -1.39. The Bertz CT molecular complexity index is 464. The number of nitrogens with zero attached hydrogens (tertiary/aromatic N) is 1. The highest BCUT2D eigenvalue weighted by Crippen LogP contribution is 2.37. The molecule has 6 heteroatoms. The molecule has 0 radical (unpaired) electrons. The molecule has 2 aliphatic heterocycles. The zero-order valence-electron chi connectivity index (χ0n) is 12.4. The van der Waals surface area contributed by atoms with Crippen LogP contribution >= 0.6 is 0 Å². The zero-order chi connectivity index (χ0) is 15.0. The summed E-state index contributed by atoms with van der Waals surface area (Å²) >= 11 is 0. The van der Waals surface area contributed by atoms with Crippen molar-refractivity contribution in [2.75, 3.05) is 13.2 Å². The maximum atomic E-state index is 12.8. The standard InChI is InChI=1S/C15H22N2O4/c1-15(7-4-8-21-9-15)17-13(19)11(10-5-2-3-6-10)12(18)16-14(17)20/h10-11H,2-9H2,1H3,(H,16,18,20). The summed E-state index contributed by atoms with van der Waals surface area (Å²) in [6, 6.07) is -0.591. The largest absolute Gasteiger partial charge is 0.379 e. The first-order chi connectivity index (χ1) is 10.0. The Kier molecular flexibility index (Phi) is 3.73. The van der Waals surface area contributed by atoms with E-state index in [2.05, 4.69) is 5.32 Å². The number of rotatable bonds is 2. The third-order valence-electron chi connectivity index (χ3n) is 5.03. The van der Waals surface area contributed by atoms with Crippen LogP contribution in [0.2, 0.25) is 0 Å². The molecule has 0 spiro atoms. The SMILES string of the molecule is CC1(N2C(=O)NC(=O)C(C3CCCC3)C2=O)CCCOC1. The van der Waals surface area contributed by atoms with Gasteiger partial charge in [-0.3, -0.25) is 19.8 Å². The molecule has 2 atom stereocenters. The predicted molar refractivity (Wildman–Crippen MR) is 74.3 cm³/mol. The average Bonchev–Trinajstić information content (AvgIpc) is 2.92. The van der Waals surface area contributed by atoms with Crippen LogP contribution in [0.25, 0.3) is 0 Å². The van der Waals surface area contributed by atoms with E-state index in [1.807, 2.05) is 6.92 Å². The molecule has 1 aliphatic carbocycles. The van der Waals surface area contributed by atoms with Crippen molar-refractivity contribution in [3.63, 3.8) is 0 Å². The molecule has 3 aliphatic rings. The number of carbonyl (C=O) groups is 3. The van der Waals surface area contributed by atoms with E-state index in [1.54, 1.807) is 0 Å². The molecule has 0 bridgehead atoms. The molecule has 0 aromatic rings. The number of hydrogen-bond donors (Lipinski definition) is 1. The summed E-state index contributed by atoms with van der Waals surface area (Å²) in [5.41, 5.74) is -0.642. The number of imide groups is 2. The smallest absolute Gasteiger partial charge is 0.331 e. The summed E-state index contributed by atoms with van der Waals surface area (Å²) in [6.07, 6.45) is 5.41. The quantitative estimate of drug-likeness (QED) is 0.782. The fourth-order valence-electron chi connectivity index (χ4n) is 3.90. The van der Waals surface area contributed by atoms with Crippen LogP contribution in [0.15, 0.2) is 0 Å². The van der Waals surface area contributed by atoms with Gasteiger partial charge in [-0.25, -0.2) is 4.79 Å². The average molecular weight is 294 g/mol. The summed E-state index contributed by atoms with van der Waals surface area (Å²) in [4.78, 5) is 38.4. The second-order valence-electron chi connectivity index (χ2n) is 6.64. The van der Waals surface area contributed by atoms with E-state index in [9.17, 15) is 14.4 Å². The molecule has 1 saturated carbocycles. The molecule has 116 valence electrons. The lowest BCUT2D eigenvalue weighted by atomic mass is 9.84. The second kappa shape index (κ2) is 5.40. The lowest BCUT2D eigenvalue weighted by molar-refractivity contribution is -0.152. The minimum atomic E-state index is -0.705. The molecular formula is C15H22N2O4. The third kappa shape index (κ3) is 2.46. The van der Waals surface area contributed by atoms with Crippen molar-refractivity contribution in [3.05, 3.63) is 0 Å². The fourth-order valence-corrected chi connectivity index (χ4v) is 3.90. The van der Waals surface area contributed by atoms with E-state index in [0.717, 1.165) is 38.5 Å². The third-order valence-corrected chi connectivity index (χ3v) is 5.03. The molecule has 4 amide bonds. The highest BCUT2D eigenvalue weighted by atomic mass is 16.5. The van der Waals surface area contributed by atoms with Crippen LogP contribution in [-0.4, -0.2) is 41.5 Å². The zero-order valence-corrected chi connectivity index (χ0v) is 12.4. The van der Waals surface area contributed by atoms with Gasteiger partial charge < -0.3 is 4.74 Å². The van der Waals surface area contributed by atoms with Crippen LogP contribution in [0.1, 0.15) is 45.4 Å². The van der Waals surface area contributed by atoms with Gasteiger partial charge in [0.05, 0.1) is 12.1 Å².